The maximum Gasteiger partial charge on any atom is 0.222 e. The van der Waals surface area contributed by atoms with Gasteiger partial charge in [0.15, 0.2) is 0 Å². The van der Waals surface area contributed by atoms with Gasteiger partial charge in [0, 0.05) is 24.9 Å². The lowest BCUT2D eigenvalue weighted by atomic mass is 10.0. The van der Waals surface area contributed by atoms with Crippen molar-refractivity contribution in [1.29, 1.82) is 0 Å². The number of carbonyl (C=O) groups excluding carboxylic acids is 1. The fourth-order valence-electron chi connectivity index (χ4n) is 2.17. The zero-order chi connectivity index (χ0) is 15.2. The summed E-state index contributed by atoms with van der Waals surface area (Å²) < 4.78 is 0. The van der Waals surface area contributed by atoms with Crippen molar-refractivity contribution >= 4 is 5.91 Å². The van der Waals surface area contributed by atoms with E-state index in [1.807, 2.05) is 56.4 Å². The third kappa shape index (κ3) is 4.39. The van der Waals surface area contributed by atoms with Crippen molar-refractivity contribution < 1.29 is 4.79 Å². The first-order valence-electron chi connectivity index (χ1n) is 7.11. The highest BCUT2D eigenvalue weighted by molar-refractivity contribution is 5.77. The number of nitrogens with two attached hydrogens (primary N) is 1. The van der Waals surface area contributed by atoms with E-state index in [0.717, 1.165) is 16.7 Å². The summed E-state index contributed by atoms with van der Waals surface area (Å²) in [6.07, 6.45) is 3.94. The molecule has 3 N–H and O–H groups in total. The molecule has 2 aromatic rings. The standard InChI is InChI=1S/C17H21N3O/c1-12(18)10-17(21)20-13(2)14-5-7-15(8-6-14)16-4-3-9-19-11-16/h3-9,11-13H,10,18H2,1-2H3,(H,20,21). The summed E-state index contributed by atoms with van der Waals surface area (Å²) in [6.45, 7) is 3.80. The molecule has 2 rings (SSSR count). The largest absolute Gasteiger partial charge is 0.350 e. The molecule has 0 bridgehead atoms. The van der Waals surface area contributed by atoms with Crippen molar-refractivity contribution in [3.05, 3.63) is 54.4 Å². The third-order valence-corrected chi connectivity index (χ3v) is 3.29. The van der Waals surface area contributed by atoms with Crippen LogP contribution in [0, 0.1) is 0 Å². The van der Waals surface area contributed by atoms with Gasteiger partial charge in [-0.2, -0.15) is 0 Å². The van der Waals surface area contributed by atoms with E-state index in [4.69, 9.17) is 5.73 Å². The molecule has 0 fully saturated rings. The Kier molecular flexibility index (Phi) is 5.06. The van der Waals surface area contributed by atoms with E-state index in [-0.39, 0.29) is 18.0 Å². The molecule has 0 aliphatic heterocycles. The normalized spacial score (nSPS) is 13.5. The maximum absolute atomic E-state index is 11.7. The Hall–Kier alpha value is -2.20. The predicted octanol–water partition coefficient (Wildman–Crippen LogP) is 2.66. The second kappa shape index (κ2) is 6.99. The molecule has 0 aliphatic carbocycles. The van der Waals surface area contributed by atoms with Gasteiger partial charge in [-0.05, 0) is 36.6 Å². The van der Waals surface area contributed by atoms with Gasteiger partial charge in [-0.3, -0.25) is 9.78 Å². The first-order valence-corrected chi connectivity index (χ1v) is 7.11. The first-order chi connectivity index (χ1) is 10.1. The van der Waals surface area contributed by atoms with Gasteiger partial charge < -0.3 is 11.1 Å². The number of benzene rings is 1. The van der Waals surface area contributed by atoms with E-state index in [2.05, 4.69) is 10.3 Å². The summed E-state index contributed by atoms with van der Waals surface area (Å²) in [5.74, 6) is -0.0196. The Morgan fingerprint density at radius 1 is 1.19 bits per heavy atom. The zero-order valence-electron chi connectivity index (χ0n) is 12.4. The average molecular weight is 283 g/mol. The number of rotatable bonds is 5. The number of aromatic nitrogens is 1. The summed E-state index contributed by atoms with van der Waals surface area (Å²) >= 11 is 0. The number of amides is 1. The molecule has 1 aromatic heterocycles. The highest BCUT2D eigenvalue weighted by atomic mass is 16.1. The van der Waals surface area contributed by atoms with Crippen LogP contribution in [0.2, 0.25) is 0 Å². The highest BCUT2D eigenvalue weighted by Crippen LogP contribution is 2.21. The van der Waals surface area contributed by atoms with Crippen LogP contribution in [-0.2, 0) is 4.79 Å². The molecule has 0 spiro atoms. The monoisotopic (exact) mass is 283 g/mol. The Balaban J connectivity index is 2.03. The molecule has 4 nitrogen and oxygen atoms in total. The van der Waals surface area contributed by atoms with Gasteiger partial charge in [0.25, 0.3) is 0 Å². The Bertz CT molecular complexity index is 579. The number of hydrogen-bond donors (Lipinski definition) is 2. The van der Waals surface area contributed by atoms with Crippen molar-refractivity contribution in [2.75, 3.05) is 0 Å². The average Bonchev–Trinajstić information content (AvgIpc) is 2.47. The topological polar surface area (TPSA) is 68.0 Å². The summed E-state index contributed by atoms with van der Waals surface area (Å²) in [6, 6.07) is 11.9. The van der Waals surface area contributed by atoms with Crippen LogP contribution in [0.3, 0.4) is 0 Å². The predicted molar refractivity (Wildman–Crippen MR) is 84.5 cm³/mol. The molecule has 1 heterocycles. The van der Waals surface area contributed by atoms with Crippen molar-refractivity contribution in [2.24, 2.45) is 5.73 Å². The molecule has 21 heavy (non-hydrogen) atoms. The molecule has 110 valence electrons. The van der Waals surface area contributed by atoms with Crippen molar-refractivity contribution in [2.45, 2.75) is 32.4 Å². The number of pyridine rings is 1. The molecule has 0 saturated heterocycles. The van der Waals surface area contributed by atoms with Crippen molar-refractivity contribution in [3.63, 3.8) is 0 Å². The molecule has 2 atom stereocenters. The fourth-order valence-corrected chi connectivity index (χ4v) is 2.17. The van der Waals surface area contributed by atoms with E-state index >= 15 is 0 Å². The first kappa shape index (κ1) is 15.2. The lowest BCUT2D eigenvalue weighted by Gasteiger charge is -2.15. The van der Waals surface area contributed by atoms with Gasteiger partial charge in [-0.15, -0.1) is 0 Å². The van der Waals surface area contributed by atoms with Crippen molar-refractivity contribution in [1.82, 2.24) is 10.3 Å². The minimum atomic E-state index is -0.120. The quantitative estimate of drug-likeness (QED) is 0.886. The van der Waals surface area contributed by atoms with Crippen LogP contribution in [-0.4, -0.2) is 16.9 Å². The SMILES string of the molecule is CC(N)CC(=O)NC(C)c1ccc(-c2cccnc2)cc1. The second-order valence-electron chi connectivity index (χ2n) is 5.33. The van der Waals surface area contributed by atoms with E-state index in [1.54, 1.807) is 6.20 Å². The number of carbonyl (C=O) groups is 1. The van der Waals surface area contributed by atoms with Crippen molar-refractivity contribution in [3.8, 4) is 11.1 Å². The maximum atomic E-state index is 11.7. The Morgan fingerprint density at radius 3 is 2.48 bits per heavy atom. The summed E-state index contributed by atoms with van der Waals surface area (Å²) in [7, 11) is 0. The Morgan fingerprint density at radius 2 is 1.90 bits per heavy atom. The van der Waals surface area contributed by atoms with Crippen LogP contribution in [0.5, 0.6) is 0 Å². The van der Waals surface area contributed by atoms with Gasteiger partial charge in [0.2, 0.25) is 5.91 Å². The zero-order valence-corrected chi connectivity index (χ0v) is 12.4. The molecular formula is C17H21N3O. The third-order valence-electron chi connectivity index (χ3n) is 3.29. The van der Waals surface area contributed by atoms with E-state index in [1.165, 1.54) is 0 Å². The summed E-state index contributed by atoms with van der Waals surface area (Å²) in [5.41, 5.74) is 8.89. The second-order valence-corrected chi connectivity index (χ2v) is 5.33. The lowest BCUT2D eigenvalue weighted by Crippen LogP contribution is -2.31. The molecule has 2 unspecified atom stereocenters. The number of nitrogens with one attached hydrogen (secondary N) is 1. The molecule has 0 saturated carbocycles. The molecule has 0 radical (unpaired) electrons. The number of hydrogen-bond acceptors (Lipinski definition) is 3. The summed E-state index contributed by atoms with van der Waals surface area (Å²) in [4.78, 5) is 15.8. The van der Waals surface area contributed by atoms with Gasteiger partial charge in [-0.1, -0.05) is 30.3 Å². The molecule has 4 heteroatoms. The number of nitrogens with zero attached hydrogens (tertiary/aromatic N) is 1. The summed E-state index contributed by atoms with van der Waals surface area (Å²) in [5, 5.41) is 2.96. The van der Waals surface area contributed by atoms with Crippen LogP contribution >= 0.6 is 0 Å². The Labute approximate surface area is 125 Å². The van der Waals surface area contributed by atoms with Gasteiger partial charge >= 0.3 is 0 Å². The van der Waals surface area contributed by atoms with Gasteiger partial charge in [-0.25, -0.2) is 0 Å². The molecular weight excluding hydrogens is 262 g/mol. The van der Waals surface area contributed by atoms with Crippen LogP contribution < -0.4 is 11.1 Å². The fraction of sp³-hybridized carbons (Fsp3) is 0.294. The van der Waals surface area contributed by atoms with Crippen LogP contribution in [0.1, 0.15) is 31.9 Å². The smallest absolute Gasteiger partial charge is 0.222 e. The van der Waals surface area contributed by atoms with Gasteiger partial charge in [0.1, 0.15) is 0 Å². The van der Waals surface area contributed by atoms with E-state index in [0.29, 0.717) is 6.42 Å². The molecule has 1 aromatic carbocycles. The van der Waals surface area contributed by atoms with Gasteiger partial charge in [0.05, 0.1) is 6.04 Å². The highest BCUT2D eigenvalue weighted by Gasteiger charge is 2.11. The van der Waals surface area contributed by atoms with E-state index < -0.39 is 0 Å². The minimum Gasteiger partial charge on any atom is -0.350 e. The minimum absolute atomic E-state index is 0.0196. The van der Waals surface area contributed by atoms with Crippen LogP contribution in [0.15, 0.2) is 48.8 Å². The molecule has 0 aliphatic rings. The molecule has 1 amide bonds. The van der Waals surface area contributed by atoms with E-state index in [9.17, 15) is 4.79 Å². The lowest BCUT2D eigenvalue weighted by molar-refractivity contribution is -0.122. The van der Waals surface area contributed by atoms with Crippen LogP contribution in [0.4, 0.5) is 0 Å². The van der Waals surface area contributed by atoms with Crippen LogP contribution in [0.25, 0.3) is 11.1 Å².